The highest BCUT2D eigenvalue weighted by Gasteiger charge is 2.35. The second kappa shape index (κ2) is 15.2. The number of unbranched alkanes of at least 4 members (excludes halogenated alkanes) is 1. The summed E-state index contributed by atoms with van der Waals surface area (Å²) < 4.78 is 5.26. The number of methoxy groups -OCH3 is 1. The SMILES string of the molecule is CNC[C@H](CC1CCCCC1)NC(=O)c1cccc([C@](CCCCOC)(NC(C)=O)c2cccc(Cl)c2)c1. The molecule has 2 amide bonds. The summed E-state index contributed by atoms with van der Waals surface area (Å²) in [5, 5.41) is 10.4. The van der Waals surface area contributed by atoms with Crippen LogP contribution in [0.25, 0.3) is 0 Å². The third kappa shape index (κ3) is 8.55. The van der Waals surface area contributed by atoms with Gasteiger partial charge < -0.3 is 20.7 Å². The molecule has 208 valence electrons. The molecule has 2 atom stereocenters. The second-order valence-corrected chi connectivity index (χ2v) is 11.0. The Balaban J connectivity index is 1.92. The first-order chi connectivity index (χ1) is 18.4. The van der Waals surface area contributed by atoms with Crippen molar-refractivity contribution in [1.29, 1.82) is 0 Å². The van der Waals surface area contributed by atoms with E-state index >= 15 is 0 Å². The minimum Gasteiger partial charge on any atom is -0.385 e. The van der Waals surface area contributed by atoms with Gasteiger partial charge in [-0.2, -0.15) is 0 Å². The van der Waals surface area contributed by atoms with Crippen LogP contribution in [0.15, 0.2) is 48.5 Å². The lowest BCUT2D eigenvalue weighted by Crippen LogP contribution is -2.46. The third-order valence-corrected chi connectivity index (χ3v) is 7.84. The molecule has 6 nitrogen and oxygen atoms in total. The van der Waals surface area contributed by atoms with Gasteiger partial charge in [-0.3, -0.25) is 9.59 Å². The Bertz CT molecular complexity index is 1040. The quantitative estimate of drug-likeness (QED) is 0.263. The standard InChI is InChI=1S/C31H44ClN3O3/c1-23(36)35-31(17-7-8-18-38-3,27-15-10-16-28(32)21-27)26-14-9-13-25(20-26)30(37)34-29(22-33-2)19-24-11-5-4-6-12-24/h9-10,13-16,20-21,24,29,33H,4-8,11-12,17-19,22H2,1-3H3,(H,34,37)(H,35,36)/t29-,31-/m0/s1. The minimum atomic E-state index is -0.826. The maximum absolute atomic E-state index is 13.5. The summed E-state index contributed by atoms with van der Waals surface area (Å²) in [5.74, 6) is 0.425. The summed E-state index contributed by atoms with van der Waals surface area (Å²) in [6.07, 6.45) is 9.68. The lowest BCUT2D eigenvalue weighted by Gasteiger charge is -2.36. The van der Waals surface area contributed by atoms with E-state index in [1.807, 2.05) is 55.6 Å². The van der Waals surface area contributed by atoms with Crippen molar-refractivity contribution in [3.05, 3.63) is 70.2 Å². The van der Waals surface area contributed by atoms with Gasteiger partial charge >= 0.3 is 0 Å². The zero-order valence-electron chi connectivity index (χ0n) is 23.2. The molecule has 0 aliphatic heterocycles. The van der Waals surface area contributed by atoms with Crippen LogP contribution < -0.4 is 16.0 Å². The number of nitrogens with one attached hydrogen (secondary N) is 3. The topological polar surface area (TPSA) is 79.5 Å². The molecule has 0 spiro atoms. The predicted octanol–water partition coefficient (Wildman–Crippen LogP) is 5.82. The molecule has 0 saturated heterocycles. The average Bonchev–Trinajstić information content (AvgIpc) is 2.91. The van der Waals surface area contributed by atoms with Crippen molar-refractivity contribution >= 4 is 23.4 Å². The number of ether oxygens (including phenoxy) is 1. The van der Waals surface area contributed by atoms with Gasteiger partial charge in [-0.05, 0) is 74.0 Å². The van der Waals surface area contributed by atoms with E-state index in [1.165, 1.54) is 39.0 Å². The van der Waals surface area contributed by atoms with E-state index in [-0.39, 0.29) is 17.9 Å². The van der Waals surface area contributed by atoms with E-state index in [2.05, 4.69) is 16.0 Å². The molecule has 7 heteroatoms. The van der Waals surface area contributed by atoms with E-state index in [0.29, 0.717) is 29.5 Å². The van der Waals surface area contributed by atoms with Crippen LogP contribution >= 0.6 is 11.6 Å². The van der Waals surface area contributed by atoms with Gasteiger partial charge in [0.05, 0.1) is 5.54 Å². The largest absolute Gasteiger partial charge is 0.385 e. The predicted molar refractivity (Wildman–Crippen MR) is 155 cm³/mol. The second-order valence-electron chi connectivity index (χ2n) is 10.6. The number of hydrogen-bond acceptors (Lipinski definition) is 4. The Labute approximate surface area is 233 Å². The Kier molecular flexibility index (Phi) is 12.1. The summed E-state index contributed by atoms with van der Waals surface area (Å²) >= 11 is 6.40. The Hall–Kier alpha value is -2.41. The monoisotopic (exact) mass is 541 g/mol. The zero-order chi connectivity index (χ0) is 27.4. The van der Waals surface area contributed by atoms with Crippen molar-refractivity contribution in [2.24, 2.45) is 5.92 Å². The number of carbonyl (C=O) groups excluding carboxylic acids is 2. The molecule has 1 aliphatic carbocycles. The fourth-order valence-corrected chi connectivity index (χ4v) is 6.00. The maximum Gasteiger partial charge on any atom is 0.251 e. The van der Waals surface area contributed by atoms with Gasteiger partial charge in [0.25, 0.3) is 5.91 Å². The van der Waals surface area contributed by atoms with Crippen molar-refractivity contribution in [2.75, 3.05) is 27.3 Å². The van der Waals surface area contributed by atoms with Gasteiger partial charge in [0, 0.05) is 43.8 Å². The summed E-state index contributed by atoms with van der Waals surface area (Å²) in [6, 6.07) is 15.3. The third-order valence-electron chi connectivity index (χ3n) is 7.60. The molecular weight excluding hydrogens is 498 g/mol. The highest BCUT2D eigenvalue weighted by atomic mass is 35.5. The van der Waals surface area contributed by atoms with Crippen molar-refractivity contribution in [2.45, 2.75) is 76.3 Å². The Morgan fingerprint density at radius 2 is 1.76 bits per heavy atom. The maximum atomic E-state index is 13.5. The van der Waals surface area contributed by atoms with Crippen LogP contribution in [0.1, 0.15) is 86.2 Å². The van der Waals surface area contributed by atoms with Gasteiger partial charge in [0.1, 0.15) is 0 Å². The molecule has 1 aliphatic rings. The molecule has 0 aromatic heterocycles. The minimum absolute atomic E-state index is 0.0707. The van der Waals surface area contributed by atoms with Crippen LogP contribution in [0, 0.1) is 5.92 Å². The first kappa shape index (κ1) is 30.1. The van der Waals surface area contributed by atoms with E-state index in [4.69, 9.17) is 16.3 Å². The van der Waals surface area contributed by atoms with Gasteiger partial charge in [-0.1, -0.05) is 68.0 Å². The van der Waals surface area contributed by atoms with Crippen LogP contribution in [-0.2, 0) is 15.1 Å². The Morgan fingerprint density at radius 1 is 1.05 bits per heavy atom. The summed E-state index contributed by atoms with van der Waals surface area (Å²) in [5.41, 5.74) is 1.51. The summed E-state index contributed by atoms with van der Waals surface area (Å²) in [6.45, 7) is 2.90. The molecule has 3 N–H and O–H groups in total. The first-order valence-electron chi connectivity index (χ1n) is 14.0. The summed E-state index contributed by atoms with van der Waals surface area (Å²) in [4.78, 5) is 26.0. The molecule has 2 aromatic carbocycles. The van der Waals surface area contributed by atoms with E-state index in [9.17, 15) is 9.59 Å². The van der Waals surface area contributed by atoms with Crippen LogP contribution in [0.3, 0.4) is 0 Å². The number of likely N-dealkylation sites (N-methyl/N-ethyl adjacent to an activating group) is 1. The molecule has 1 saturated carbocycles. The number of carbonyl (C=O) groups is 2. The highest BCUT2D eigenvalue weighted by Crippen LogP contribution is 2.36. The first-order valence-corrected chi connectivity index (χ1v) is 14.4. The Morgan fingerprint density at radius 3 is 2.42 bits per heavy atom. The number of halogens is 1. The van der Waals surface area contributed by atoms with Crippen LogP contribution in [-0.4, -0.2) is 45.2 Å². The van der Waals surface area contributed by atoms with Crippen LogP contribution in [0.4, 0.5) is 0 Å². The van der Waals surface area contributed by atoms with Crippen molar-refractivity contribution in [1.82, 2.24) is 16.0 Å². The van der Waals surface area contributed by atoms with Crippen molar-refractivity contribution in [3.8, 4) is 0 Å². The number of amides is 2. The van der Waals surface area contributed by atoms with Gasteiger partial charge in [0.15, 0.2) is 0 Å². The molecular formula is C31H44ClN3O3. The van der Waals surface area contributed by atoms with E-state index in [1.54, 1.807) is 7.11 Å². The molecule has 0 heterocycles. The van der Waals surface area contributed by atoms with Crippen molar-refractivity contribution in [3.63, 3.8) is 0 Å². The van der Waals surface area contributed by atoms with E-state index in [0.717, 1.165) is 36.9 Å². The van der Waals surface area contributed by atoms with Gasteiger partial charge in [0.2, 0.25) is 5.91 Å². The fourth-order valence-electron chi connectivity index (χ4n) is 5.81. The smallest absolute Gasteiger partial charge is 0.251 e. The normalized spacial score (nSPS) is 16.4. The average molecular weight is 542 g/mol. The van der Waals surface area contributed by atoms with Crippen LogP contribution in [0.5, 0.6) is 0 Å². The molecule has 0 bridgehead atoms. The number of rotatable bonds is 14. The molecule has 38 heavy (non-hydrogen) atoms. The summed E-state index contributed by atoms with van der Waals surface area (Å²) in [7, 11) is 3.62. The van der Waals surface area contributed by atoms with Gasteiger partial charge in [-0.15, -0.1) is 0 Å². The van der Waals surface area contributed by atoms with Crippen LogP contribution in [0.2, 0.25) is 5.02 Å². The molecule has 0 unspecified atom stereocenters. The molecule has 2 aromatic rings. The van der Waals surface area contributed by atoms with E-state index < -0.39 is 5.54 Å². The number of hydrogen-bond donors (Lipinski definition) is 3. The van der Waals surface area contributed by atoms with Crippen molar-refractivity contribution < 1.29 is 14.3 Å². The lowest BCUT2D eigenvalue weighted by molar-refractivity contribution is -0.120. The molecule has 0 radical (unpaired) electrons. The fraction of sp³-hybridized carbons (Fsp3) is 0.548. The zero-order valence-corrected chi connectivity index (χ0v) is 23.9. The van der Waals surface area contributed by atoms with Gasteiger partial charge in [-0.25, -0.2) is 0 Å². The highest BCUT2D eigenvalue weighted by molar-refractivity contribution is 6.30. The molecule has 3 rings (SSSR count). The lowest BCUT2D eigenvalue weighted by atomic mass is 9.78. The number of benzene rings is 2. The molecule has 1 fully saturated rings.